The second-order valence-corrected chi connectivity index (χ2v) is 4.54. The fourth-order valence-electron chi connectivity index (χ4n) is 1.32. The Morgan fingerprint density at radius 3 is 2.70 bits per heavy atom. The second kappa shape index (κ2) is 5.54. The number of aromatic nitrogens is 3. The molecule has 2 aromatic heterocycles. The number of nitrogen functional groups attached to an aromatic ring is 2. The molecule has 0 unspecified atom stereocenters. The zero-order chi connectivity index (χ0) is 14.7. The molecule has 0 aliphatic heterocycles. The molecule has 11 heteroatoms. The quantitative estimate of drug-likeness (QED) is 0.264. The van der Waals surface area contributed by atoms with Crippen molar-refractivity contribution in [1.82, 2.24) is 15.0 Å². The number of nitrogens with one attached hydrogen (secondary N) is 2. The normalized spacial score (nSPS) is 10.2. The molecule has 2 rings (SSSR count). The van der Waals surface area contributed by atoms with Crippen molar-refractivity contribution in [3.8, 4) is 0 Å². The van der Waals surface area contributed by atoms with Gasteiger partial charge in [-0.05, 0) is 11.8 Å². The zero-order valence-electron chi connectivity index (χ0n) is 9.86. The Hall–Kier alpha value is -2.66. The number of aromatic amines is 1. The molecule has 0 spiro atoms. The summed E-state index contributed by atoms with van der Waals surface area (Å²) in [5, 5.41) is 11.2. The van der Waals surface area contributed by atoms with Gasteiger partial charge in [0.05, 0.1) is 11.0 Å². The number of anilines is 2. The fraction of sp³-hybridized carbons (Fsp3) is 0. The minimum Gasteiger partial charge on any atom is -0.383 e. The molecule has 0 aromatic carbocycles. The first kappa shape index (κ1) is 13.8. The number of hydrazine groups is 1. The van der Waals surface area contributed by atoms with Crippen molar-refractivity contribution in [3.63, 3.8) is 0 Å². The maximum absolute atomic E-state index is 11.2. The van der Waals surface area contributed by atoms with E-state index in [0.29, 0.717) is 0 Å². The van der Waals surface area contributed by atoms with Crippen molar-refractivity contribution in [2.24, 2.45) is 5.84 Å². The van der Waals surface area contributed by atoms with Crippen LogP contribution < -0.4 is 22.6 Å². The molecule has 104 valence electrons. The molecule has 0 bridgehead atoms. The summed E-state index contributed by atoms with van der Waals surface area (Å²) >= 11 is 0.919. The highest BCUT2D eigenvalue weighted by atomic mass is 32.2. The van der Waals surface area contributed by atoms with Crippen LogP contribution in [0.5, 0.6) is 0 Å². The van der Waals surface area contributed by atoms with Crippen molar-refractivity contribution in [1.29, 1.82) is 0 Å². The highest BCUT2D eigenvalue weighted by Gasteiger charge is 2.13. The van der Waals surface area contributed by atoms with E-state index >= 15 is 0 Å². The Kier molecular flexibility index (Phi) is 3.81. The fourth-order valence-corrected chi connectivity index (χ4v) is 2.15. The van der Waals surface area contributed by atoms with Crippen molar-refractivity contribution in [3.05, 3.63) is 38.7 Å². The number of H-pyrrole nitrogens is 1. The predicted molar refractivity (Wildman–Crippen MR) is 72.1 cm³/mol. The van der Waals surface area contributed by atoms with E-state index in [0.717, 1.165) is 17.8 Å². The third-order valence-electron chi connectivity index (χ3n) is 2.09. The molecule has 2 heterocycles. The lowest BCUT2D eigenvalue weighted by Crippen LogP contribution is -2.10. The van der Waals surface area contributed by atoms with Crippen molar-refractivity contribution in [2.45, 2.75) is 10.2 Å². The average molecular weight is 295 g/mol. The van der Waals surface area contributed by atoms with Crippen LogP contribution in [0.25, 0.3) is 0 Å². The number of hydrogen-bond donors (Lipinski definition) is 4. The Bertz CT molecular complexity index is 717. The molecular weight excluding hydrogens is 286 g/mol. The van der Waals surface area contributed by atoms with Crippen LogP contribution >= 0.6 is 11.8 Å². The molecule has 2 aromatic rings. The van der Waals surface area contributed by atoms with Crippen LogP contribution in [0.1, 0.15) is 0 Å². The lowest BCUT2D eigenvalue weighted by molar-refractivity contribution is -0.385. The van der Waals surface area contributed by atoms with Gasteiger partial charge in [-0.15, -0.1) is 0 Å². The molecular formula is C9H9N7O3S. The minimum atomic E-state index is -0.581. The van der Waals surface area contributed by atoms with E-state index in [1.54, 1.807) is 0 Å². The number of nitro groups is 1. The van der Waals surface area contributed by atoms with E-state index in [-0.39, 0.29) is 27.5 Å². The van der Waals surface area contributed by atoms with E-state index in [4.69, 9.17) is 11.6 Å². The van der Waals surface area contributed by atoms with Gasteiger partial charge in [-0.25, -0.2) is 15.8 Å². The Morgan fingerprint density at radius 2 is 2.10 bits per heavy atom. The molecule has 10 nitrogen and oxygen atoms in total. The monoisotopic (exact) mass is 295 g/mol. The molecule has 0 aliphatic rings. The van der Waals surface area contributed by atoms with Crippen molar-refractivity contribution in [2.75, 3.05) is 11.2 Å². The Morgan fingerprint density at radius 1 is 1.35 bits per heavy atom. The van der Waals surface area contributed by atoms with E-state index in [2.05, 4.69) is 20.4 Å². The van der Waals surface area contributed by atoms with Gasteiger partial charge in [0.2, 0.25) is 0 Å². The van der Waals surface area contributed by atoms with Crippen LogP contribution in [-0.4, -0.2) is 19.9 Å². The van der Waals surface area contributed by atoms with Crippen LogP contribution in [0.3, 0.4) is 0 Å². The lowest BCUT2D eigenvalue weighted by atomic mass is 10.4. The number of pyridine rings is 1. The molecule has 0 fully saturated rings. The highest BCUT2D eigenvalue weighted by Crippen LogP contribution is 2.27. The number of nitrogens with two attached hydrogens (primary N) is 2. The molecule has 0 saturated carbocycles. The first-order valence-electron chi connectivity index (χ1n) is 5.15. The Labute approximate surface area is 115 Å². The predicted octanol–water partition coefficient (Wildman–Crippen LogP) is 0.0921. The van der Waals surface area contributed by atoms with Crippen LogP contribution in [0, 0.1) is 10.1 Å². The van der Waals surface area contributed by atoms with E-state index in [9.17, 15) is 14.9 Å². The third-order valence-corrected chi connectivity index (χ3v) is 2.89. The summed E-state index contributed by atoms with van der Waals surface area (Å²) in [4.78, 5) is 31.8. The second-order valence-electron chi connectivity index (χ2n) is 3.53. The summed E-state index contributed by atoms with van der Waals surface area (Å²) in [6.45, 7) is 0. The van der Waals surface area contributed by atoms with Gasteiger partial charge < -0.3 is 16.1 Å². The van der Waals surface area contributed by atoms with Gasteiger partial charge >= 0.3 is 0 Å². The number of rotatable bonds is 4. The van der Waals surface area contributed by atoms with E-state index in [1.165, 1.54) is 12.1 Å². The molecule has 0 amide bonds. The smallest absolute Gasteiger partial charge is 0.275 e. The van der Waals surface area contributed by atoms with Gasteiger partial charge in [-0.1, -0.05) is 0 Å². The van der Waals surface area contributed by atoms with Gasteiger partial charge in [0, 0.05) is 12.1 Å². The summed E-state index contributed by atoms with van der Waals surface area (Å²) < 4.78 is 0. The van der Waals surface area contributed by atoms with Gasteiger partial charge in [0.1, 0.15) is 16.7 Å². The van der Waals surface area contributed by atoms with Crippen LogP contribution in [0.2, 0.25) is 0 Å². The SMILES string of the molecule is NNc1cc([N+](=O)[O-])cc(Sc2nc(N)cc(=O)[nH]2)n1. The van der Waals surface area contributed by atoms with E-state index in [1.807, 2.05) is 0 Å². The summed E-state index contributed by atoms with van der Waals surface area (Å²) in [7, 11) is 0. The highest BCUT2D eigenvalue weighted by molar-refractivity contribution is 7.99. The topological polar surface area (TPSA) is 166 Å². The first-order valence-corrected chi connectivity index (χ1v) is 5.97. The van der Waals surface area contributed by atoms with Crippen LogP contribution in [0.4, 0.5) is 17.3 Å². The largest absolute Gasteiger partial charge is 0.383 e. The standard InChI is InChI=1S/C9H9N7O3S/c10-5-3-7(17)14-9(12-5)20-8-2-4(16(18)19)1-6(13-8)15-11/h1-3H,11H2,(H,13,15)(H3,10,12,14,17). The maximum Gasteiger partial charge on any atom is 0.275 e. The summed E-state index contributed by atoms with van der Waals surface area (Å²) in [5.74, 6) is 5.35. The van der Waals surface area contributed by atoms with Gasteiger partial charge in [-0.3, -0.25) is 14.9 Å². The summed E-state index contributed by atoms with van der Waals surface area (Å²) in [6, 6.07) is 3.53. The minimum absolute atomic E-state index is 0.0406. The van der Waals surface area contributed by atoms with Crippen LogP contribution in [-0.2, 0) is 0 Å². The van der Waals surface area contributed by atoms with E-state index < -0.39 is 10.5 Å². The van der Waals surface area contributed by atoms with Crippen molar-refractivity contribution < 1.29 is 4.92 Å². The lowest BCUT2D eigenvalue weighted by Gasteiger charge is -2.04. The number of hydrogen-bond acceptors (Lipinski definition) is 9. The van der Waals surface area contributed by atoms with Crippen molar-refractivity contribution >= 4 is 29.1 Å². The first-order chi connectivity index (χ1) is 9.47. The summed E-state index contributed by atoms with van der Waals surface area (Å²) in [5.41, 5.74) is 7.05. The third kappa shape index (κ3) is 3.21. The zero-order valence-corrected chi connectivity index (χ0v) is 10.7. The Balaban J connectivity index is 2.39. The molecule has 0 radical (unpaired) electrons. The molecule has 0 saturated heterocycles. The maximum atomic E-state index is 11.2. The molecule has 0 atom stereocenters. The molecule has 20 heavy (non-hydrogen) atoms. The van der Waals surface area contributed by atoms with Crippen LogP contribution in [0.15, 0.2) is 33.2 Å². The average Bonchev–Trinajstić information content (AvgIpc) is 2.36. The van der Waals surface area contributed by atoms with Gasteiger partial charge in [-0.2, -0.15) is 0 Å². The van der Waals surface area contributed by atoms with Gasteiger partial charge in [0.15, 0.2) is 5.16 Å². The van der Waals surface area contributed by atoms with Gasteiger partial charge in [0.25, 0.3) is 11.2 Å². The number of nitrogens with zero attached hydrogens (tertiary/aromatic N) is 3. The molecule has 6 N–H and O–H groups in total. The molecule has 0 aliphatic carbocycles. The summed E-state index contributed by atoms with van der Waals surface area (Å²) in [6.07, 6.45) is 0.